The Balaban J connectivity index is 1.54. The second kappa shape index (κ2) is 7.81. The van der Waals surface area contributed by atoms with E-state index in [0.29, 0.717) is 28.9 Å². The Morgan fingerprint density at radius 2 is 1.89 bits per heavy atom. The minimum atomic E-state index is -0.591. The number of pyridine rings is 1. The third-order valence-corrected chi connectivity index (χ3v) is 4.20. The molecule has 0 aliphatic carbocycles. The molecule has 7 heteroatoms. The molecule has 1 amide bonds. The Labute approximate surface area is 160 Å². The maximum absolute atomic E-state index is 11.6. The Bertz CT molecular complexity index is 1120. The van der Waals surface area contributed by atoms with Crippen molar-refractivity contribution >= 4 is 16.9 Å². The first-order valence-electron chi connectivity index (χ1n) is 8.56. The number of benzene rings is 2. The van der Waals surface area contributed by atoms with E-state index in [2.05, 4.69) is 15.0 Å². The van der Waals surface area contributed by atoms with Gasteiger partial charge in [0.15, 0.2) is 0 Å². The lowest BCUT2D eigenvalue weighted by Crippen LogP contribution is -2.18. The molecule has 4 aromatic rings. The summed E-state index contributed by atoms with van der Waals surface area (Å²) in [5.41, 5.74) is 5.77. The first kappa shape index (κ1) is 17.6. The zero-order valence-corrected chi connectivity index (χ0v) is 14.7. The molecular formula is C21H16N4O3. The van der Waals surface area contributed by atoms with Gasteiger partial charge in [0.25, 0.3) is 5.91 Å². The number of fused-ring (bicyclic) bond motifs is 1. The summed E-state index contributed by atoms with van der Waals surface area (Å²) in [7, 11) is 0. The quantitative estimate of drug-likeness (QED) is 0.412. The predicted molar refractivity (Wildman–Crippen MR) is 103 cm³/mol. The molecule has 4 rings (SSSR count). The standard InChI is InChI=1S/C21H16N4O3/c26-21(25-27)16-7-8-18-19(10-16)24-20(12-23-18)15-5-3-14(4-6-15)13-28-17-2-1-9-22-11-17/h1-12,27H,13H2,(H,25,26). The minimum absolute atomic E-state index is 0.310. The van der Waals surface area contributed by atoms with Gasteiger partial charge >= 0.3 is 0 Å². The molecule has 0 atom stereocenters. The number of ether oxygens (including phenoxy) is 1. The fraction of sp³-hybridized carbons (Fsp3) is 0.0476. The van der Waals surface area contributed by atoms with Crippen LogP contribution >= 0.6 is 0 Å². The van der Waals surface area contributed by atoms with Crippen LogP contribution in [0.15, 0.2) is 73.2 Å². The van der Waals surface area contributed by atoms with Gasteiger partial charge in [-0.1, -0.05) is 24.3 Å². The van der Waals surface area contributed by atoms with Crippen LogP contribution in [0, 0.1) is 0 Å². The number of rotatable bonds is 5. The first-order valence-corrected chi connectivity index (χ1v) is 8.56. The lowest BCUT2D eigenvalue weighted by Gasteiger charge is -2.07. The molecule has 0 spiro atoms. The summed E-state index contributed by atoms with van der Waals surface area (Å²) in [6.45, 7) is 0.439. The maximum Gasteiger partial charge on any atom is 0.274 e. The highest BCUT2D eigenvalue weighted by atomic mass is 16.5. The monoisotopic (exact) mass is 372 g/mol. The molecule has 0 unspecified atom stereocenters. The van der Waals surface area contributed by atoms with Gasteiger partial charge in [-0.05, 0) is 35.9 Å². The van der Waals surface area contributed by atoms with Crippen molar-refractivity contribution in [1.82, 2.24) is 20.4 Å². The van der Waals surface area contributed by atoms with Crippen LogP contribution in [0.1, 0.15) is 15.9 Å². The average Bonchev–Trinajstić information content (AvgIpc) is 2.77. The first-order chi connectivity index (χ1) is 13.7. The summed E-state index contributed by atoms with van der Waals surface area (Å²) in [6, 6.07) is 16.4. The number of carbonyl (C=O) groups is 1. The fourth-order valence-electron chi connectivity index (χ4n) is 2.73. The van der Waals surface area contributed by atoms with Crippen LogP contribution in [-0.4, -0.2) is 26.1 Å². The molecule has 2 aromatic heterocycles. The molecule has 0 saturated heterocycles. The molecule has 7 nitrogen and oxygen atoms in total. The number of aromatic nitrogens is 3. The van der Waals surface area contributed by atoms with Crippen molar-refractivity contribution in [2.75, 3.05) is 0 Å². The molecule has 138 valence electrons. The Hall–Kier alpha value is -3.84. The smallest absolute Gasteiger partial charge is 0.274 e. The van der Waals surface area contributed by atoms with E-state index in [9.17, 15) is 4.79 Å². The fourth-order valence-corrected chi connectivity index (χ4v) is 2.73. The SMILES string of the molecule is O=C(NO)c1ccc2ncc(-c3ccc(COc4cccnc4)cc3)nc2c1. The molecule has 2 N–H and O–H groups in total. The second-order valence-corrected chi connectivity index (χ2v) is 6.07. The van der Waals surface area contributed by atoms with Crippen molar-refractivity contribution < 1.29 is 14.7 Å². The maximum atomic E-state index is 11.6. The number of hydrogen-bond acceptors (Lipinski definition) is 6. The molecule has 0 bridgehead atoms. The van der Waals surface area contributed by atoms with Gasteiger partial charge in [0.2, 0.25) is 0 Å². The zero-order chi connectivity index (χ0) is 19.3. The van der Waals surface area contributed by atoms with E-state index in [1.54, 1.807) is 42.3 Å². The van der Waals surface area contributed by atoms with E-state index in [0.717, 1.165) is 16.9 Å². The highest BCUT2D eigenvalue weighted by Crippen LogP contribution is 2.21. The van der Waals surface area contributed by atoms with Crippen LogP contribution in [0.3, 0.4) is 0 Å². The molecule has 0 aliphatic rings. The van der Waals surface area contributed by atoms with Crippen molar-refractivity contribution in [1.29, 1.82) is 0 Å². The number of carbonyl (C=O) groups excluding carboxylic acids is 1. The van der Waals surface area contributed by atoms with Crippen LogP contribution < -0.4 is 10.2 Å². The van der Waals surface area contributed by atoms with Gasteiger partial charge < -0.3 is 4.74 Å². The van der Waals surface area contributed by atoms with Gasteiger partial charge in [-0.2, -0.15) is 0 Å². The molecule has 0 saturated carbocycles. The van der Waals surface area contributed by atoms with E-state index < -0.39 is 5.91 Å². The topological polar surface area (TPSA) is 97.2 Å². The molecule has 0 aliphatic heterocycles. The Morgan fingerprint density at radius 3 is 2.64 bits per heavy atom. The largest absolute Gasteiger partial charge is 0.487 e. The van der Waals surface area contributed by atoms with E-state index in [-0.39, 0.29) is 0 Å². The molecule has 28 heavy (non-hydrogen) atoms. The van der Waals surface area contributed by atoms with Crippen LogP contribution in [0.4, 0.5) is 0 Å². The Kier molecular flexibility index (Phi) is 4.90. The predicted octanol–water partition coefficient (Wildman–Crippen LogP) is 3.39. The van der Waals surface area contributed by atoms with Crippen molar-refractivity contribution in [2.24, 2.45) is 0 Å². The zero-order valence-electron chi connectivity index (χ0n) is 14.7. The van der Waals surface area contributed by atoms with E-state index in [1.807, 2.05) is 36.4 Å². The van der Waals surface area contributed by atoms with Crippen molar-refractivity contribution in [3.63, 3.8) is 0 Å². The molecule has 2 heterocycles. The summed E-state index contributed by atoms with van der Waals surface area (Å²) in [4.78, 5) is 24.6. The van der Waals surface area contributed by atoms with Gasteiger partial charge in [-0.15, -0.1) is 0 Å². The summed E-state index contributed by atoms with van der Waals surface area (Å²) >= 11 is 0. The minimum Gasteiger partial charge on any atom is -0.487 e. The number of amides is 1. The third kappa shape index (κ3) is 3.79. The molecule has 2 aromatic carbocycles. The van der Waals surface area contributed by atoms with E-state index in [4.69, 9.17) is 9.94 Å². The normalized spacial score (nSPS) is 10.6. The summed E-state index contributed by atoms with van der Waals surface area (Å²) in [6.07, 6.45) is 5.06. The van der Waals surface area contributed by atoms with Gasteiger partial charge in [0.1, 0.15) is 12.4 Å². The Morgan fingerprint density at radius 1 is 1.04 bits per heavy atom. The van der Waals surface area contributed by atoms with Crippen molar-refractivity contribution in [2.45, 2.75) is 6.61 Å². The average molecular weight is 372 g/mol. The highest BCUT2D eigenvalue weighted by molar-refractivity contribution is 5.96. The summed E-state index contributed by atoms with van der Waals surface area (Å²) in [5.74, 6) is 0.127. The molecular weight excluding hydrogens is 356 g/mol. The van der Waals surface area contributed by atoms with Crippen LogP contribution in [-0.2, 0) is 6.61 Å². The second-order valence-electron chi connectivity index (χ2n) is 6.07. The van der Waals surface area contributed by atoms with E-state index >= 15 is 0 Å². The van der Waals surface area contributed by atoms with Crippen LogP contribution in [0.5, 0.6) is 5.75 Å². The number of nitrogens with zero attached hydrogens (tertiary/aromatic N) is 3. The highest BCUT2D eigenvalue weighted by Gasteiger charge is 2.08. The number of nitrogens with one attached hydrogen (secondary N) is 1. The van der Waals surface area contributed by atoms with Crippen LogP contribution in [0.25, 0.3) is 22.3 Å². The lowest BCUT2D eigenvalue weighted by atomic mass is 10.1. The van der Waals surface area contributed by atoms with Crippen molar-refractivity contribution in [3.05, 3.63) is 84.3 Å². The van der Waals surface area contributed by atoms with Gasteiger partial charge in [-0.3, -0.25) is 20.0 Å². The number of hydroxylamine groups is 1. The lowest BCUT2D eigenvalue weighted by molar-refractivity contribution is 0.0706. The summed E-state index contributed by atoms with van der Waals surface area (Å²) < 4.78 is 5.69. The van der Waals surface area contributed by atoms with Gasteiger partial charge in [-0.25, -0.2) is 10.5 Å². The van der Waals surface area contributed by atoms with Gasteiger partial charge in [0.05, 0.1) is 29.1 Å². The van der Waals surface area contributed by atoms with E-state index in [1.165, 1.54) is 0 Å². The third-order valence-electron chi connectivity index (χ3n) is 4.20. The molecule has 0 radical (unpaired) electrons. The molecule has 0 fully saturated rings. The van der Waals surface area contributed by atoms with Crippen molar-refractivity contribution in [3.8, 4) is 17.0 Å². The summed E-state index contributed by atoms with van der Waals surface area (Å²) in [5, 5.41) is 8.79. The van der Waals surface area contributed by atoms with Gasteiger partial charge in [0, 0.05) is 17.3 Å². The number of hydrogen-bond donors (Lipinski definition) is 2. The van der Waals surface area contributed by atoms with Crippen LogP contribution in [0.2, 0.25) is 0 Å².